The quantitative estimate of drug-likeness (QED) is 0.579. The Hall–Kier alpha value is -2.45. The van der Waals surface area contributed by atoms with E-state index in [1.54, 1.807) is 12.4 Å². The number of rotatable bonds is 9. The summed E-state index contributed by atoms with van der Waals surface area (Å²) >= 11 is 0. The van der Waals surface area contributed by atoms with Gasteiger partial charge in [-0.3, -0.25) is 19.5 Å². The van der Waals surface area contributed by atoms with E-state index < -0.39 is 0 Å². The second-order valence-corrected chi connectivity index (χ2v) is 8.46. The molecular formula is C22H31N5O3. The monoisotopic (exact) mass is 413 g/mol. The first-order valence-corrected chi connectivity index (χ1v) is 10.9. The fourth-order valence-corrected chi connectivity index (χ4v) is 4.51. The number of nitrogens with one attached hydrogen (secondary N) is 3. The van der Waals surface area contributed by atoms with E-state index >= 15 is 0 Å². The van der Waals surface area contributed by atoms with Gasteiger partial charge in [-0.1, -0.05) is 13.3 Å². The SMILES string of the molecule is CC[C@]1(CCNC(=O)CN2CCOCC2)CC1CNC(=O)c1cc2ccncc2[nH]1. The summed E-state index contributed by atoms with van der Waals surface area (Å²) in [6, 6.07) is 3.75. The van der Waals surface area contributed by atoms with Crippen molar-refractivity contribution >= 4 is 22.7 Å². The molecule has 3 N–H and O–H groups in total. The van der Waals surface area contributed by atoms with E-state index in [0.717, 1.165) is 43.3 Å². The smallest absolute Gasteiger partial charge is 0.267 e. The number of nitrogens with zero attached hydrogens (tertiary/aromatic N) is 2. The maximum absolute atomic E-state index is 12.5. The number of morpholine rings is 1. The molecule has 3 heterocycles. The molecule has 2 atom stereocenters. The van der Waals surface area contributed by atoms with Gasteiger partial charge in [0.1, 0.15) is 5.69 Å². The van der Waals surface area contributed by atoms with Crippen molar-refractivity contribution in [1.82, 2.24) is 25.5 Å². The Balaban J connectivity index is 1.19. The van der Waals surface area contributed by atoms with Gasteiger partial charge in [0.2, 0.25) is 5.91 Å². The molecule has 2 aliphatic rings. The minimum atomic E-state index is -0.0816. The zero-order valence-corrected chi connectivity index (χ0v) is 17.6. The molecule has 8 heteroatoms. The fraction of sp³-hybridized carbons (Fsp3) is 0.591. The predicted molar refractivity (Wildman–Crippen MR) is 114 cm³/mol. The molecule has 0 spiro atoms. The maximum atomic E-state index is 12.5. The highest BCUT2D eigenvalue weighted by atomic mass is 16.5. The third-order valence-electron chi connectivity index (χ3n) is 6.66. The normalized spacial score (nSPS) is 24.0. The Morgan fingerprint density at radius 1 is 1.33 bits per heavy atom. The van der Waals surface area contributed by atoms with Gasteiger partial charge in [0.25, 0.3) is 5.91 Å². The van der Waals surface area contributed by atoms with Crippen molar-refractivity contribution in [3.63, 3.8) is 0 Å². The molecule has 2 aromatic rings. The van der Waals surface area contributed by atoms with Crippen molar-refractivity contribution in [3.8, 4) is 0 Å². The van der Waals surface area contributed by atoms with Gasteiger partial charge >= 0.3 is 0 Å². The summed E-state index contributed by atoms with van der Waals surface area (Å²) in [4.78, 5) is 34.0. The number of carbonyl (C=O) groups is 2. The highest BCUT2D eigenvalue weighted by Crippen LogP contribution is 2.57. The Kier molecular flexibility index (Phi) is 6.34. The molecule has 0 radical (unpaired) electrons. The molecule has 162 valence electrons. The minimum absolute atomic E-state index is 0.0816. The number of H-pyrrole nitrogens is 1. The van der Waals surface area contributed by atoms with Crippen molar-refractivity contribution in [3.05, 3.63) is 30.2 Å². The Morgan fingerprint density at radius 3 is 2.93 bits per heavy atom. The van der Waals surface area contributed by atoms with Crippen LogP contribution in [-0.4, -0.2) is 72.6 Å². The summed E-state index contributed by atoms with van der Waals surface area (Å²) in [5, 5.41) is 7.12. The van der Waals surface area contributed by atoms with E-state index in [-0.39, 0.29) is 17.2 Å². The molecule has 1 aliphatic carbocycles. The second-order valence-electron chi connectivity index (χ2n) is 8.46. The lowest BCUT2D eigenvalue weighted by Gasteiger charge is -2.26. The standard InChI is InChI=1S/C22H31N5O3/c1-2-22(4-6-24-20(28)15-27-7-9-30-10-8-27)12-17(22)13-25-21(29)18-11-16-3-5-23-14-19(16)26-18/h3,5,11,14,17,26H,2,4,6-10,12-13,15H2,1H3,(H,24,28)(H,25,29)/t17?,22-/m0/s1. The van der Waals surface area contributed by atoms with Crippen molar-refractivity contribution < 1.29 is 14.3 Å². The number of fused-ring (bicyclic) bond motifs is 1. The number of aromatic nitrogens is 2. The van der Waals surface area contributed by atoms with Gasteiger partial charge in [0.05, 0.1) is 31.5 Å². The molecule has 1 aliphatic heterocycles. The summed E-state index contributed by atoms with van der Waals surface area (Å²) in [5.41, 5.74) is 1.66. The Bertz CT molecular complexity index is 859. The van der Waals surface area contributed by atoms with Gasteiger partial charge in [0.15, 0.2) is 0 Å². The number of hydrogen-bond donors (Lipinski definition) is 3. The van der Waals surface area contributed by atoms with E-state index in [4.69, 9.17) is 4.74 Å². The van der Waals surface area contributed by atoms with Gasteiger partial charge in [0, 0.05) is 37.8 Å². The van der Waals surface area contributed by atoms with Crippen LogP contribution in [0.1, 0.15) is 36.7 Å². The summed E-state index contributed by atoms with van der Waals surface area (Å²) in [6.45, 7) is 7.05. The van der Waals surface area contributed by atoms with Gasteiger partial charge in [-0.15, -0.1) is 0 Å². The number of pyridine rings is 1. The molecule has 30 heavy (non-hydrogen) atoms. The zero-order valence-electron chi connectivity index (χ0n) is 17.6. The molecule has 2 amide bonds. The molecule has 4 rings (SSSR count). The molecule has 1 unspecified atom stereocenters. The number of aromatic amines is 1. The van der Waals surface area contributed by atoms with Gasteiger partial charge < -0.3 is 20.4 Å². The van der Waals surface area contributed by atoms with E-state index in [0.29, 0.717) is 44.5 Å². The molecule has 0 aromatic carbocycles. The first-order chi connectivity index (χ1) is 14.6. The zero-order chi connectivity index (χ0) is 21.0. The van der Waals surface area contributed by atoms with Crippen LogP contribution in [0.2, 0.25) is 0 Å². The van der Waals surface area contributed by atoms with Crippen LogP contribution in [-0.2, 0) is 9.53 Å². The lowest BCUT2D eigenvalue weighted by Crippen LogP contribution is -2.43. The third-order valence-corrected chi connectivity index (χ3v) is 6.66. The third kappa shape index (κ3) is 4.82. The van der Waals surface area contributed by atoms with E-state index in [1.807, 2.05) is 12.1 Å². The number of ether oxygens (including phenoxy) is 1. The molecule has 1 saturated heterocycles. The van der Waals surface area contributed by atoms with Gasteiger partial charge in [-0.05, 0) is 36.3 Å². The van der Waals surface area contributed by atoms with Crippen LogP contribution < -0.4 is 10.6 Å². The number of hydrogen-bond acceptors (Lipinski definition) is 5. The minimum Gasteiger partial charge on any atom is -0.379 e. The van der Waals surface area contributed by atoms with Crippen molar-refractivity contribution in [2.24, 2.45) is 11.3 Å². The fourth-order valence-electron chi connectivity index (χ4n) is 4.51. The summed E-state index contributed by atoms with van der Waals surface area (Å²) < 4.78 is 5.32. The first kappa shape index (κ1) is 20.8. The predicted octanol–water partition coefficient (Wildman–Crippen LogP) is 1.55. The van der Waals surface area contributed by atoms with Crippen LogP contribution in [0.5, 0.6) is 0 Å². The lowest BCUT2D eigenvalue weighted by molar-refractivity contribution is -0.123. The topological polar surface area (TPSA) is 99.4 Å². The molecular weight excluding hydrogens is 382 g/mol. The highest BCUT2D eigenvalue weighted by Gasteiger charge is 2.51. The highest BCUT2D eigenvalue weighted by molar-refractivity contribution is 5.97. The maximum Gasteiger partial charge on any atom is 0.267 e. The summed E-state index contributed by atoms with van der Waals surface area (Å²) in [5.74, 6) is 0.470. The van der Waals surface area contributed by atoms with E-state index in [9.17, 15) is 9.59 Å². The van der Waals surface area contributed by atoms with E-state index in [1.165, 1.54) is 0 Å². The summed E-state index contributed by atoms with van der Waals surface area (Å²) in [6.07, 6.45) is 6.56. The second kappa shape index (κ2) is 9.14. The summed E-state index contributed by atoms with van der Waals surface area (Å²) in [7, 11) is 0. The molecule has 2 fully saturated rings. The van der Waals surface area contributed by atoms with Crippen LogP contribution in [0, 0.1) is 11.3 Å². The average molecular weight is 414 g/mol. The van der Waals surface area contributed by atoms with Gasteiger partial charge in [-0.25, -0.2) is 0 Å². The number of carbonyl (C=O) groups excluding carboxylic acids is 2. The van der Waals surface area contributed by atoms with E-state index in [2.05, 4.69) is 32.4 Å². The van der Waals surface area contributed by atoms with Crippen molar-refractivity contribution in [2.45, 2.75) is 26.2 Å². The van der Waals surface area contributed by atoms with Crippen LogP contribution in [0.15, 0.2) is 24.5 Å². The molecule has 0 bridgehead atoms. The average Bonchev–Trinajstić information content (AvgIpc) is 3.28. The van der Waals surface area contributed by atoms with Crippen LogP contribution in [0.25, 0.3) is 10.9 Å². The van der Waals surface area contributed by atoms with Crippen LogP contribution in [0.4, 0.5) is 0 Å². The van der Waals surface area contributed by atoms with Crippen LogP contribution in [0.3, 0.4) is 0 Å². The first-order valence-electron chi connectivity index (χ1n) is 10.9. The molecule has 1 saturated carbocycles. The molecule has 8 nitrogen and oxygen atoms in total. The largest absolute Gasteiger partial charge is 0.379 e. The van der Waals surface area contributed by atoms with Gasteiger partial charge in [-0.2, -0.15) is 0 Å². The molecule has 2 aromatic heterocycles. The Labute approximate surface area is 176 Å². The Morgan fingerprint density at radius 2 is 2.17 bits per heavy atom. The number of amides is 2. The van der Waals surface area contributed by atoms with Crippen LogP contribution >= 0.6 is 0 Å². The lowest BCUT2D eigenvalue weighted by atomic mass is 9.95. The van der Waals surface area contributed by atoms with Crippen molar-refractivity contribution in [2.75, 3.05) is 45.9 Å². The van der Waals surface area contributed by atoms with Crippen molar-refractivity contribution in [1.29, 1.82) is 0 Å².